The smallest absolute Gasteiger partial charge is 0.151 e. The first kappa shape index (κ1) is 10.2. The molecule has 0 saturated carbocycles. The fourth-order valence-corrected chi connectivity index (χ4v) is 1.63. The number of pyridine rings is 1. The highest BCUT2D eigenvalue weighted by Crippen LogP contribution is 2.22. The Morgan fingerprint density at radius 1 is 1.40 bits per heavy atom. The monoisotopic (exact) mass is 223 g/mol. The zero-order valence-corrected chi connectivity index (χ0v) is 9.23. The Morgan fingerprint density at radius 3 is 2.80 bits per heavy atom. The Bertz CT molecular complexity index is 481. The molecule has 2 heterocycles. The summed E-state index contributed by atoms with van der Waals surface area (Å²) in [5.74, 6) is -0.327. The minimum atomic E-state index is -0.327. The number of nitrogens with one attached hydrogen (secondary N) is 1. The summed E-state index contributed by atoms with van der Waals surface area (Å²) < 4.78 is 13.5. The third kappa shape index (κ3) is 2.02. The molecule has 0 aromatic carbocycles. The Hall–Kier alpha value is -1.36. The molecule has 5 heteroatoms. The number of aromatic nitrogens is 3. The molecule has 1 N–H and O–H groups in total. The van der Waals surface area contributed by atoms with E-state index in [0.717, 1.165) is 10.6 Å². The van der Waals surface area contributed by atoms with Crippen molar-refractivity contribution in [3.8, 4) is 11.4 Å². The first-order valence-corrected chi connectivity index (χ1v) is 5.65. The molecule has 0 unspecified atom stereocenters. The van der Waals surface area contributed by atoms with Crippen molar-refractivity contribution in [2.75, 3.05) is 6.26 Å². The lowest BCUT2D eigenvalue weighted by Crippen LogP contribution is -1.90. The second-order valence-corrected chi connectivity index (χ2v) is 3.99. The molecule has 0 radical (unpaired) electrons. The molecule has 3 nitrogen and oxygen atoms in total. The average Bonchev–Trinajstić information content (AvgIpc) is 2.66. The molecule has 0 aliphatic heterocycles. The van der Waals surface area contributed by atoms with Gasteiger partial charge < -0.3 is 0 Å². The zero-order valence-electron chi connectivity index (χ0n) is 8.41. The van der Waals surface area contributed by atoms with Gasteiger partial charge in [-0.25, -0.2) is 4.39 Å². The number of thioether (sulfide) groups is 1. The second-order valence-electron chi connectivity index (χ2n) is 3.17. The van der Waals surface area contributed by atoms with Crippen LogP contribution in [0.5, 0.6) is 0 Å². The second kappa shape index (κ2) is 4.02. The Labute approximate surface area is 91.1 Å². The van der Waals surface area contributed by atoms with Crippen LogP contribution in [0.25, 0.3) is 11.4 Å². The number of rotatable bonds is 2. The first-order chi connectivity index (χ1) is 7.20. The molecule has 0 spiro atoms. The summed E-state index contributed by atoms with van der Waals surface area (Å²) in [4.78, 5) is 4.04. The summed E-state index contributed by atoms with van der Waals surface area (Å²) in [6.45, 7) is 1.81. The Morgan fingerprint density at radius 2 is 2.20 bits per heavy atom. The van der Waals surface area contributed by atoms with Crippen LogP contribution in [-0.4, -0.2) is 21.4 Å². The highest BCUT2D eigenvalue weighted by molar-refractivity contribution is 7.98. The van der Waals surface area contributed by atoms with Gasteiger partial charge in [-0.15, -0.1) is 11.8 Å². The lowest BCUT2D eigenvalue weighted by molar-refractivity contribution is 0.623. The van der Waals surface area contributed by atoms with E-state index in [4.69, 9.17) is 0 Å². The van der Waals surface area contributed by atoms with E-state index < -0.39 is 0 Å². The molecule has 0 saturated heterocycles. The number of H-pyrrole nitrogens is 1. The number of halogens is 1. The van der Waals surface area contributed by atoms with E-state index >= 15 is 0 Å². The van der Waals surface area contributed by atoms with Crippen LogP contribution in [0.3, 0.4) is 0 Å². The standard InChI is InChI=1S/C10H10FN3S/c1-6-3-7(11)10(12-5-6)8-4-9(15-2)14-13-8/h3-5H,1-2H3,(H,13,14). The van der Waals surface area contributed by atoms with Gasteiger partial charge in [0.25, 0.3) is 0 Å². The topological polar surface area (TPSA) is 41.6 Å². The van der Waals surface area contributed by atoms with Gasteiger partial charge in [-0.3, -0.25) is 10.1 Å². The lowest BCUT2D eigenvalue weighted by atomic mass is 10.2. The molecular formula is C10H10FN3S. The molecule has 2 aromatic heterocycles. The summed E-state index contributed by atoms with van der Waals surface area (Å²) >= 11 is 1.50. The van der Waals surface area contributed by atoms with Crippen LogP contribution in [0.2, 0.25) is 0 Å². The maximum absolute atomic E-state index is 13.5. The van der Waals surface area contributed by atoms with E-state index in [1.807, 2.05) is 6.26 Å². The average molecular weight is 223 g/mol. The summed E-state index contributed by atoms with van der Waals surface area (Å²) in [7, 11) is 0. The third-order valence-corrected chi connectivity index (χ3v) is 2.62. The summed E-state index contributed by atoms with van der Waals surface area (Å²) in [5.41, 5.74) is 1.73. The summed E-state index contributed by atoms with van der Waals surface area (Å²) in [6, 6.07) is 3.24. The van der Waals surface area contributed by atoms with Gasteiger partial charge in [-0.05, 0) is 30.9 Å². The van der Waals surface area contributed by atoms with E-state index in [0.29, 0.717) is 11.4 Å². The van der Waals surface area contributed by atoms with Crippen molar-refractivity contribution in [2.24, 2.45) is 0 Å². The molecule has 0 aliphatic rings. The van der Waals surface area contributed by atoms with Crippen LogP contribution in [0.4, 0.5) is 4.39 Å². The molecule has 0 bridgehead atoms. The van der Waals surface area contributed by atoms with E-state index in [2.05, 4.69) is 15.2 Å². The number of aromatic amines is 1. The van der Waals surface area contributed by atoms with E-state index in [1.54, 1.807) is 19.2 Å². The van der Waals surface area contributed by atoms with Gasteiger partial charge in [-0.1, -0.05) is 0 Å². The van der Waals surface area contributed by atoms with Crippen LogP contribution in [0, 0.1) is 12.7 Å². The van der Waals surface area contributed by atoms with Crippen LogP contribution >= 0.6 is 11.8 Å². The minimum Gasteiger partial charge on any atom is -0.275 e. The van der Waals surface area contributed by atoms with Crippen molar-refractivity contribution >= 4 is 11.8 Å². The normalized spacial score (nSPS) is 10.6. The maximum atomic E-state index is 13.5. The molecular weight excluding hydrogens is 213 g/mol. The molecule has 78 valence electrons. The fraction of sp³-hybridized carbons (Fsp3) is 0.200. The maximum Gasteiger partial charge on any atom is 0.151 e. The molecule has 15 heavy (non-hydrogen) atoms. The molecule has 0 atom stereocenters. The van der Waals surface area contributed by atoms with Crippen molar-refractivity contribution in [1.82, 2.24) is 15.2 Å². The summed E-state index contributed by atoms with van der Waals surface area (Å²) in [6.07, 6.45) is 3.55. The van der Waals surface area contributed by atoms with E-state index in [9.17, 15) is 4.39 Å². The van der Waals surface area contributed by atoms with Crippen molar-refractivity contribution in [2.45, 2.75) is 11.9 Å². The van der Waals surface area contributed by atoms with Crippen molar-refractivity contribution in [3.05, 3.63) is 29.7 Å². The zero-order chi connectivity index (χ0) is 10.8. The van der Waals surface area contributed by atoms with Crippen molar-refractivity contribution in [3.63, 3.8) is 0 Å². The number of nitrogens with zero attached hydrogens (tertiary/aromatic N) is 2. The van der Waals surface area contributed by atoms with E-state index in [-0.39, 0.29) is 5.82 Å². The van der Waals surface area contributed by atoms with E-state index in [1.165, 1.54) is 17.8 Å². The van der Waals surface area contributed by atoms with Gasteiger partial charge in [0, 0.05) is 6.20 Å². The van der Waals surface area contributed by atoms with Crippen LogP contribution in [0.15, 0.2) is 23.4 Å². The highest BCUT2D eigenvalue weighted by Gasteiger charge is 2.09. The number of aryl methyl sites for hydroxylation is 1. The van der Waals surface area contributed by atoms with Crippen molar-refractivity contribution < 1.29 is 4.39 Å². The highest BCUT2D eigenvalue weighted by atomic mass is 32.2. The molecule has 2 aromatic rings. The Balaban J connectivity index is 2.44. The largest absolute Gasteiger partial charge is 0.275 e. The van der Waals surface area contributed by atoms with Gasteiger partial charge >= 0.3 is 0 Å². The molecule has 0 fully saturated rings. The van der Waals surface area contributed by atoms with Crippen LogP contribution in [-0.2, 0) is 0 Å². The predicted molar refractivity (Wildman–Crippen MR) is 58.3 cm³/mol. The minimum absolute atomic E-state index is 0.313. The van der Waals surface area contributed by atoms with Crippen molar-refractivity contribution in [1.29, 1.82) is 0 Å². The quantitative estimate of drug-likeness (QED) is 0.796. The molecule has 0 aliphatic carbocycles. The lowest BCUT2D eigenvalue weighted by Gasteiger charge is -1.99. The number of hydrogen-bond donors (Lipinski definition) is 1. The fourth-order valence-electron chi connectivity index (χ4n) is 1.26. The Kier molecular flexibility index (Phi) is 2.73. The molecule has 0 amide bonds. The van der Waals surface area contributed by atoms with Crippen LogP contribution in [0.1, 0.15) is 5.56 Å². The molecule has 2 rings (SSSR count). The predicted octanol–water partition coefficient (Wildman–Crippen LogP) is 2.64. The first-order valence-electron chi connectivity index (χ1n) is 4.42. The van der Waals surface area contributed by atoms with Gasteiger partial charge in [0.1, 0.15) is 10.7 Å². The van der Waals surface area contributed by atoms with Gasteiger partial charge in [-0.2, -0.15) is 5.10 Å². The van der Waals surface area contributed by atoms with Gasteiger partial charge in [0.2, 0.25) is 0 Å². The SMILES string of the molecule is CSc1cc(-c2ncc(C)cc2F)[nH]n1. The van der Waals surface area contributed by atoms with Crippen LogP contribution < -0.4 is 0 Å². The summed E-state index contributed by atoms with van der Waals surface area (Å²) in [5, 5.41) is 7.59. The number of hydrogen-bond acceptors (Lipinski definition) is 3. The van der Waals surface area contributed by atoms with Gasteiger partial charge in [0.15, 0.2) is 5.82 Å². The van der Waals surface area contributed by atoms with Gasteiger partial charge in [0.05, 0.1) is 5.69 Å². The third-order valence-electron chi connectivity index (χ3n) is 2.00.